The first-order valence-corrected chi connectivity index (χ1v) is 5.56. The molecule has 6 nitrogen and oxygen atoms in total. The van der Waals surface area contributed by atoms with Crippen LogP contribution in [-0.4, -0.2) is 28.5 Å². The standard InChI is InChI=1S/C9H14N4O2S/c1-9(2,8(10)13-15)4-11-7(14)6-3-16-5-12-6/h3,5,15H,4H2,1-2H3,(H2,10,13)(H,11,14). The Labute approximate surface area is 97.2 Å². The number of rotatable bonds is 4. The lowest BCUT2D eigenvalue weighted by molar-refractivity contribution is 0.0940. The highest BCUT2D eigenvalue weighted by Crippen LogP contribution is 2.13. The van der Waals surface area contributed by atoms with Gasteiger partial charge < -0.3 is 16.3 Å². The molecule has 0 unspecified atom stereocenters. The fourth-order valence-electron chi connectivity index (χ4n) is 0.942. The topological polar surface area (TPSA) is 101 Å². The quantitative estimate of drug-likeness (QED) is 0.312. The van der Waals surface area contributed by atoms with E-state index in [9.17, 15) is 4.79 Å². The second-order valence-corrected chi connectivity index (χ2v) is 4.64. The van der Waals surface area contributed by atoms with Crippen molar-refractivity contribution in [3.05, 3.63) is 16.6 Å². The van der Waals surface area contributed by atoms with Gasteiger partial charge in [0.2, 0.25) is 0 Å². The van der Waals surface area contributed by atoms with Crippen LogP contribution in [0.15, 0.2) is 16.0 Å². The van der Waals surface area contributed by atoms with Gasteiger partial charge in [0.15, 0.2) is 0 Å². The number of amides is 1. The number of amidine groups is 1. The van der Waals surface area contributed by atoms with Crippen molar-refractivity contribution < 1.29 is 10.0 Å². The molecule has 1 aromatic rings. The highest BCUT2D eigenvalue weighted by atomic mass is 32.1. The fraction of sp³-hybridized carbons (Fsp3) is 0.444. The summed E-state index contributed by atoms with van der Waals surface area (Å²) in [6.45, 7) is 3.81. The number of thiazole rings is 1. The van der Waals surface area contributed by atoms with Crippen LogP contribution in [0.2, 0.25) is 0 Å². The first kappa shape index (κ1) is 12.4. The molecule has 0 aliphatic rings. The van der Waals surface area contributed by atoms with E-state index in [0.29, 0.717) is 5.69 Å². The summed E-state index contributed by atoms with van der Waals surface area (Å²) < 4.78 is 0. The predicted molar refractivity (Wildman–Crippen MR) is 61.6 cm³/mol. The highest BCUT2D eigenvalue weighted by Gasteiger charge is 2.24. The van der Waals surface area contributed by atoms with Gasteiger partial charge >= 0.3 is 0 Å². The Bertz CT molecular complexity index is 386. The van der Waals surface area contributed by atoms with E-state index in [1.807, 2.05) is 0 Å². The molecule has 88 valence electrons. The molecule has 0 saturated carbocycles. The maximum absolute atomic E-state index is 11.6. The molecular weight excluding hydrogens is 228 g/mol. The molecule has 0 spiro atoms. The largest absolute Gasteiger partial charge is 0.409 e. The number of hydrogen-bond donors (Lipinski definition) is 3. The molecule has 0 aliphatic heterocycles. The van der Waals surface area contributed by atoms with Crippen LogP contribution >= 0.6 is 11.3 Å². The molecule has 0 aromatic carbocycles. The fourth-order valence-corrected chi connectivity index (χ4v) is 1.47. The Morgan fingerprint density at radius 3 is 2.94 bits per heavy atom. The minimum Gasteiger partial charge on any atom is -0.409 e. The summed E-state index contributed by atoms with van der Waals surface area (Å²) in [5.41, 5.74) is 6.86. The zero-order chi connectivity index (χ0) is 12.2. The second-order valence-electron chi connectivity index (χ2n) is 3.93. The van der Waals surface area contributed by atoms with Crippen LogP contribution in [0.5, 0.6) is 0 Å². The Hall–Kier alpha value is -1.63. The van der Waals surface area contributed by atoms with Gasteiger partial charge in [0.05, 0.1) is 5.51 Å². The summed E-state index contributed by atoms with van der Waals surface area (Å²) in [6, 6.07) is 0. The van der Waals surface area contributed by atoms with Crippen molar-refractivity contribution >= 4 is 23.1 Å². The Balaban J connectivity index is 2.55. The molecule has 1 amide bonds. The third-order valence-corrected chi connectivity index (χ3v) is 2.74. The molecule has 16 heavy (non-hydrogen) atoms. The van der Waals surface area contributed by atoms with Crippen molar-refractivity contribution in [3.8, 4) is 0 Å². The Kier molecular flexibility index (Phi) is 3.83. The van der Waals surface area contributed by atoms with Gasteiger partial charge in [0.25, 0.3) is 5.91 Å². The van der Waals surface area contributed by atoms with Gasteiger partial charge in [-0.25, -0.2) is 4.98 Å². The average molecular weight is 242 g/mol. The smallest absolute Gasteiger partial charge is 0.270 e. The van der Waals surface area contributed by atoms with Gasteiger partial charge in [-0.3, -0.25) is 4.79 Å². The maximum atomic E-state index is 11.6. The van der Waals surface area contributed by atoms with Gasteiger partial charge in [-0.1, -0.05) is 19.0 Å². The maximum Gasteiger partial charge on any atom is 0.270 e. The van der Waals surface area contributed by atoms with Crippen LogP contribution in [-0.2, 0) is 0 Å². The summed E-state index contributed by atoms with van der Waals surface area (Å²) in [4.78, 5) is 15.4. The van der Waals surface area contributed by atoms with E-state index in [0.717, 1.165) is 0 Å². The molecule has 0 radical (unpaired) electrons. The van der Waals surface area contributed by atoms with E-state index in [4.69, 9.17) is 10.9 Å². The van der Waals surface area contributed by atoms with Crippen LogP contribution < -0.4 is 11.1 Å². The van der Waals surface area contributed by atoms with Crippen LogP contribution in [0.3, 0.4) is 0 Å². The molecule has 0 aliphatic carbocycles. The molecule has 1 heterocycles. The molecule has 1 rings (SSSR count). The highest BCUT2D eigenvalue weighted by molar-refractivity contribution is 7.07. The molecule has 0 atom stereocenters. The SMILES string of the molecule is CC(C)(CNC(=O)c1cscn1)C(N)=NO. The predicted octanol–water partition coefficient (Wildman–Crippen LogP) is 0.645. The van der Waals surface area contributed by atoms with Crippen molar-refractivity contribution in [3.63, 3.8) is 0 Å². The molecule has 4 N–H and O–H groups in total. The van der Waals surface area contributed by atoms with Gasteiger partial charge in [-0.2, -0.15) is 0 Å². The molecule has 0 saturated heterocycles. The van der Waals surface area contributed by atoms with E-state index >= 15 is 0 Å². The van der Waals surface area contributed by atoms with Crippen LogP contribution in [0.1, 0.15) is 24.3 Å². The second kappa shape index (κ2) is 4.93. The van der Waals surface area contributed by atoms with E-state index < -0.39 is 5.41 Å². The lowest BCUT2D eigenvalue weighted by Crippen LogP contribution is -2.42. The number of aromatic nitrogens is 1. The van der Waals surface area contributed by atoms with Crippen LogP contribution in [0.25, 0.3) is 0 Å². The van der Waals surface area contributed by atoms with E-state index in [2.05, 4.69) is 15.5 Å². The number of nitrogens with one attached hydrogen (secondary N) is 1. The molecular formula is C9H14N4O2S. The third kappa shape index (κ3) is 2.93. The first-order valence-electron chi connectivity index (χ1n) is 4.62. The van der Waals surface area contributed by atoms with Gasteiger partial charge in [0, 0.05) is 17.3 Å². The van der Waals surface area contributed by atoms with Crippen molar-refractivity contribution in [2.75, 3.05) is 6.54 Å². The zero-order valence-electron chi connectivity index (χ0n) is 9.10. The molecule has 1 aromatic heterocycles. The zero-order valence-corrected chi connectivity index (χ0v) is 9.91. The summed E-state index contributed by atoms with van der Waals surface area (Å²) in [5, 5.41) is 15.8. The lowest BCUT2D eigenvalue weighted by atomic mass is 9.92. The van der Waals surface area contributed by atoms with Crippen LogP contribution in [0.4, 0.5) is 0 Å². The average Bonchev–Trinajstić information content (AvgIpc) is 2.78. The Morgan fingerprint density at radius 1 is 1.75 bits per heavy atom. The number of oxime groups is 1. The lowest BCUT2D eigenvalue weighted by Gasteiger charge is -2.22. The normalized spacial score (nSPS) is 12.5. The first-order chi connectivity index (χ1) is 7.47. The van der Waals surface area contributed by atoms with Crippen molar-refractivity contribution in [2.24, 2.45) is 16.3 Å². The minimum absolute atomic E-state index is 0.0751. The van der Waals surface area contributed by atoms with E-state index in [1.165, 1.54) is 11.3 Å². The summed E-state index contributed by atoms with van der Waals surface area (Å²) in [7, 11) is 0. The van der Waals surface area contributed by atoms with Crippen LogP contribution in [0, 0.1) is 5.41 Å². The van der Waals surface area contributed by atoms with Crippen molar-refractivity contribution in [2.45, 2.75) is 13.8 Å². The third-order valence-electron chi connectivity index (χ3n) is 2.16. The number of carbonyl (C=O) groups is 1. The molecule has 0 bridgehead atoms. The minimum atomic E-state index is -0.597. The molecule has 7 heteroatoms. The van der Waals surface area contributed by atoms with E-state index in [-0.39, 0.29) is 18.3 Å². The Morgan fingerprint density at radius 2 is 2.44 bits per heavy atom. The number of hydrogen-bond acceptors (Lipinski definition) is 5. The number of nitrogens with two attached hydrogens (primary N) is 1. The summed E-state index contributed by atoms with van der Waals surface area (Å²) in [5.74, 6) is -0.189. The van der Waals surface area contributed by atoms with Gasteiger partial charge in [0.1, 0.15) is 11.5 Å². The van der Waals surface area contributed by atoms with E-state index in [1.54, 1.807) is 24.7 Å². The van der Waals surface area contributed by atoms with Crippen molar-refractivity contribution in [1.29, 1.82) is 0 Å². The summed E-state index contributed by atoms with van der Waals surface area (Å²) >= 11 is 1.35. The van der Waals surface area contributed by atoms with Gasteiger partial charge in [-0.05, 0) is 0 Å². The van der Waals surface area contributed by atoms with Crippen molar-refractivity contribution in [1.82, 2.24) is 10.3 Å². The monoisotopic (exact) mass is 242 g/mol. The number of nitrogens with zero attached hydrogens (tertiary/aromatic N) is 2. The number of carbonyl (C=O) groups excluding carboxylic acids is 1. The van der Waals surface area contributed by atoms with Gasteiger partial charge in [-0.15, -0.1) is 11.3 Å². The summed E-state index contributed by atoms with van der Waals surface area (Å²) in [6.07, 6.45) is 0. The molecule has 0 fully saturated rings.